The first kappa shape index (κ1) is 15.9. The Bertz CT molecular complexity index is 755. The molecule has 2 heterocycles. The van der Waals surface area contributed by atoms with Crippen molar-refractivity contribution in [2.45, 2.75) is 26.3 Å². The predicted octanol–water partition coefficient (Wildman–Crippen LogP) is 3.13. The number of carbonyl (C=O) groups is 2. The van der Waals surface area contributed by atoms with Crippen LogP contribution in [0.3, 0.4) is 0 Å². The molecule has 0 saturated carbocycles. The number of nitrogens with zero attached hydrogens (tertiary/aromatic N) is 1. The number of benzene rings is 1. The van der Waals surface area contributed by atoms with Crippen molar-refractivity contribution in [2.24, 2.45) is 5.92 Å². The van der Waals surface area contributed by atoms with E-state index in [1.54, 1.807) is 11.0 Å². The molecule has 2 unspecified atom stereocenters. The molecule has 23 heavy (non-hydrogen) atoms. The Morgan fingerprint density at radius 3 is 2.96 bits per heavy atom. The van der Waals surface area contributed by atoms with Crippen LogP contribution in [0.5, 0.6) is 0 Å². The average Bonchev–Trinajstić information content (AvgIpc) is 3.09. The maximum atomic E-state index is 12.4. The van der Waals surface area contributed by atoms with Crippen LogP contribution in [0.4, 0.5) is 0 Å². The van der Waals surface area contributed by atoms with E-state index in [9.17, 15) is 9.59 Å². The molecule has 1 aromatic heterocycles. The fourth-order valence-electron chi connectivity index (χ4n) is 2.90. The molecule has 1 aliphatic heterocycles. The highest BCUT2D eigenvalue weighted by Crippen LogP contribution is 2.27. The lowest BCUT2D eigenvalue weighted by Crippen LogP contribution is -2.34. The minimum atomic E-state index is -0.288. The van der Waals surface area contributed by atoms with Crippen LogP contribution in [-0.4, -0.2) is 29.8 Å². The summed E-state index contributed by atoms with van der Waals surface area (Å²) in [5.74, 6) is 0.315. The van der Waals surface area contributed by atoms with Gasteiger partial charge < -0.3 is 14.6 Å². The van der Waals surface area contributed by atoms with Gasteiger partial charge in [-0.05, 0) is 38.1 Å². The minimum absolute atomic E-state index is 0.0404. The summed E-state index contributed by atoms with van der Waals surface area (Å²) in [5.41, 5.74) is 0.735. The molecule has 0 bridgehead atoms. The Kier molecular flexibility index (Phi) is 4.31. The second kappa shape index (κ2) is 6.24. The molecule has 2 aromatic rings. The third-order valence-corrected chi connectivity index (χ3v) is 4.49. The van der Waals surface area contributed by atoms with E-state index < -0.39 is 0 Å². The quantitative estimate of drug-likeness (QED) is 0.934. The van der Waals surface area contributed by atoms with Crippen molar-refractivity contribution < 1.29 is 14.0 Å². The molecule has 0 spiro atoms. The molecule has 2 atom stereocenters. The van der Waals surface area contributed by atoms with Crippen LogP contribution in [0.25, 0.3) is 11.0 Å². The van der Waals surface area contributed by atoms with Gasteiger partial charge in [-0.1, -0.05) is 11.6 Å². The van der Waals surface area contributed by atoms with Gasteiger partial charge in [0.1, 0.15) is 11.3 Å². The molecular formula is C17H19ClN2O3. The Balaban J connectivity index is 1.69. The Morgan fingerprint density at radius 1 is 1.48 bits per heavy atom. The summed E-state index contributed by atoms with van der Waals surface area (Å²) in [6, 6.07) is 7.02. The van der Waals surface area contributed by atoms with E-state index in [2.05, 4.69) is 5.32 Å². The van der Waals surface area contributed by atoms with E-state index >= 15 is 0 Å². The predicted molar refractivity (Wildman–Crippen MR) is 88.1 cm³/mol. The van der Waals surface area contributed by atoms with E-state index in [1.807, 2.05) is 32.0 Å². The molecule has 6 heteroatoms. The molecule has 122 valence electrons. The number of likely N-dealkylation sites (tertiary alicyclic amines) is 1. The van der Waals surface area contributed by atoms with Gasteiger partial charge in [-0.2, -0.15) is 0 Å². The van der Waals surface area contributed by atoms with Gasteiger partial charge in [0.15, 0.2) is 0 Å². The minimum Gasteiger partial charge on any atom is -0.459 e. The van der Waals surface area contributed by atoms with Gasteiger partial charge in [0.05, 0.1) is 12.0 Å². The summed E-state index contributed by atoms with van der Waals surface area (Å²) in [4.78, 5) is 25.8. The monoisotopic (exact) mass is 334 g/mol. The molecule has 1 N–H and O–H groups in total. The molecule has 3 rings (SSSR count). The zero-order chi connectivity index (χ0) is 16.6. The molecule has 1 fully saturated rings. The summed E-state index contributed by atoms with van der Waals surface area (Å²) in [6.45, 7) is 4.91. The standard InChI is InChI=1S/C17H19ClN2O3/c1-3-20-9-12(8-16(20)21)17(22)19-10(2)15-7-11-6-13(18)4-5-14(11)23-15/h4-7,10,12H,3,8-9H2,1-2H3,(H,19,22). The van der Waals surface area contributed by atoms with E-state index in [-0.39, 0.29) is 30.2 Å². The van der Waals surface area contributed by atoms with Crippen molar-refractivity contribution in [1.29, 1.82) is 0 Å². The first-order valence-corrected chi connectivity index (χ1v) is 8.13. The van der Waals surface area contributed by atoms with Crippen molar-refractivity contribution in [2.75, 3.05) is 13.1 Å². The molecule has 1 aromatic carbocycles. The largest absolute Gasteiger partial charge is 0.459 e. The summed E-state index contributed by atoms with van der Waals surface area (Å²) in [7, 11) is 0. The Labute approximate surface area is 139 Å². The number of amides is 2. The SMILES string of the molecule is CCN1CC(C(=O)NC(C)c2cc3cc(Cl)ccc3o2)CC1=O. The molecule has 2 amide bonds. The van der Waals surface area contributed by atoms with E-state index in [1.165, 1.54) is 0 Å². The van der Waals surface area contributed by atoms with Crippen molar-refractivity contribution in [3.05, 3.63) is 35.0 Å². The summed E-state index contributed by atoms with van der Waals surface area (Å²) >= 11 is 5.97. The first-order valence-electron chi connectivity index (χ1n) is 7.75. The van der Waals surface area contributed by atoms with Gasteiger partial charge in [-0.25, -0.2) is 0 Å². The topological polar surface area (TPSA) is 62.6 Å². The Morgan fingerprint density at radius 2 is 2.26 bits per heavy atom. The van der Waals surface area contributed by atoms with Crippen LogP contribution < -0.4 is 5.32 Å². The van der Waals surface area contributed by atoms with Crippen LogP contribution in [-0.2, 0) is 9.59 Å². The molecule has 0 aliphatic carbocycles. The van der Waals surface area contributed by atoms with Crippen LogP contribution in [0.1, 0.15) is 32.1 Å². The van der Waals surface area contributed by atoms with Crippen molar-refractivity contribution in [3.63, 3.8) is 0 Å². The first-order chi connectivity index (χ1) is 11.0. The van der Waals surface area contributed by atoms with Crippen LogP contribution in [0.2, 0.25) is 5.02 Å². The number of halogens is 1. The Hall–Kier alpha value is -2.01. The van der Waals surface area contributed by atoms with Gasteiger partial charge in [0, 0.05) is 29.9 Å². The smallest absolute Gasteiger partial charge is 0.226 e. The molecule has 0 radical (unpaired) electrons. The lowest BCUT2D eigenvalue weighted by Gasteiger charge is -2.16. The number of furan rings is 1. The van der Waals surface area contributed by atoms with E-state index in [4.69, 9.17) is 16.0 Å². The van der Waals surface area contributed by atoms with Crippen LogP contribution in [0, 0.1) is 5.92 Å². The number of hydrogen-bond donors (Lipinski definition) is 1. The summed E-state index contributed by atoms with van der Waals surface area (Å²) in [5, 5.41) is 4.48. The number of nitrogens with one attached hydrogen (secondary N) is 1. The lowest BCUT2D eigenvalue weighted by atomic mass is 10.1. The van der Waals surface area contributed by atoms with Crippen molar-refractivity contribution in [3.8, 4) is 0 Å². The van der Waals surface area contributed by atoms with Gasteiger partial charge in [-0.3, -0.25) is 9.59 Å². The fourth-order valence-corrected chi connectivity index (χ4v) is 3.08. The maximum Gasteiger partial charge on any atom is 0.226 e. The number of hydrogen-bond acceptors (Lipinski definition) is 3. The zero-order valence-electron chi connectivity index (χ0n) is 13.1. The number of rotatable bonds is 4. The normalized spacial score (nSPS) is 19.3. The third kappa shape index (κ3) is 3.20. The van der Waals surface area contributed by atoms with Crippen LogP contribution >= 0.6 is 11.6 Å². The number of fused-ring (bicyclic) bond motifs is 1. The van der Waals surface area contributed by atoms with Gasteiger partial charge in [-0.15, -0.1) is 0 Å². The fraction of sp³-hybridized carbons (Fsp3) is 0.412. The van der Waals surface area contributed by atoms with Crippen molar-refractivity contribution in [1.82, 2.24) is 10.2 Å². The highest BCUT2D eigenvalue weighted by Gasteiger charge is 2.34. The van der Waals surface area contributed by atoms with E-state index in [0.29, 0.717) is 23.9 Å². The molecule has 5 nitrogen and oxygen atoms in total. The van der Waals surface area contributed by atoms with Gasteiger partial charge in [0.2, 0.25) is 11.8 Å². The summed E-state index contributed by atoms with van der Waals surface area (Å²) < 4.78 is 5.76. The lowest BCUT2D eigenvalue weighted by molar-refractivity contribution is -0.129. The molecular weight excluding hydrogens is 316 g/mol. The highest BCUT2D eigenvalue weighted by atomic mass is 35.5. The highest BCUT2D eigenvalue weighted by molar-refractivity contribution is 6.31. The second-order valence-electron chi connectivity index (χ2n) is 5.89. The second-order valence-corrected chi connectivity index (χ2v) is 6.33. The molecule has 1 saturated heterocycles. The third-order valence-electron chi connectivity index (χ3n) is 4.25. The van der Waals surface area contributed by atoms with Gasteiger partial charge in [0.25, 0.3) is 0 Å². The number of carbonyl (C=O) groups excluding carboxylic acids is 2. The maximum absolute atomic E-state index is 12.4. The average molecular weight is 335 g/mol. The summed E-state index contributed by atoms with van der Waals surface area (Å²) in [6.07, 6.45) is 0.280. The van der Waals surface area contributed by atoms with E-state index in [0.717, 1.165) is 11.0 Å². The van der Waals surface area contributed by atoms with Gasteiger partial charge >= 0.3 is 0 Å². The van der Waals surface area contributed by atoms with Crippen molar-refractivity contribution >= 4 is 34.4 Å². The zero-order valence-corrected chi connectivity index (χ0v) is 13.9. The van der Waals surface area contributed by atoms with Crippen LogP contribution in [0.15, 0.2) is 28.7 Å². The molecule has 1 aliphatic rings.